The first-order chi connectivity index (χ1) is 8.74. The van der Waals surface area contributed by atoms with E-state index in [4.69, 9.17) is 10.7 Å². The third-order valence-corrected chi connectivity index (χ3v) is 3.75. The molecular weight excluding hydrogens is 222 g/mol. The molecule has 0 radical (unpaired) electrons. The van der Waals surface area contributed by atoms with Crippen molar-refractivity contribution in [2.45, 2.75) is 32.7 Å². The zero-order valence-electron chi connectivity index (χ0n) is 10.8. The topological polar surface area (TPSA) is 43.8 Å². The van der Waals surface area contributed by atoms with E-state index in [-0.39, 0.29) is 0 Å². The monoisotopic (exact) mass is 241 g/mol. The summed E-state index contributed by atoms with van der Waals surface area (Å²) in [6, 6.07) is 10.4. The molecule has 2 heterocycles. The maximum absolute atomic E-state index is 6.22. The Morgan fingerprint density at radius 1 is 1.33 bits per heavy atom. The molecule has 18 heavy (non-hydrogen) atoms. The molecule has 0 aliphatic carbocycles. The van der Waals surface area contributed by atoms with Crippen molar-refractivity contribution in [1.29, 1.82) is 0 Å². The molecule has 1 unspecified atom stereocenters. The number of rotatable bonds is 2. The Balaban J connectivity index is 1.90. The highest BCUT2D eigenvalue weighted by Crippen LogP contribution is 2.26. The lowest BCUT2D eigenvalue weighted by Gasteiger charge is -2.20. The summed E-state index contributed by atoms with van der Waals surface area (Å²) in [5.74, 6) is 2.75. The molecule has 3 nitrogen and oxygen atoms in total. The van der Waals surface area contributed by atoms with Crippen LogP contribution < -0.4 is 5.73 Å². The van der Waals surface area contributed by atoms with Gasteiger partial charge in [-0.25, -0.2) is 4.98 Å². The average Bonchev–Trinajstić information content (AvgIpc) is 2.67. The van der Waals surface area contributed by atoms with Crippen LogP contribution in [0.25, 0.3) is 0 Å². The van der Waals surface area contributed by atoms with Crippen molar-refractivity contribution < 1.29 is 0 Å². The highest BCUT2D eigenvalue weighted by Gasteiger charge is 2.21. The van der Waals surface area contributed by atoms with Crippen LogP contribution in [0.4, 0.5) is 5.82 Å². The maximum atomic E-state index is 6.22. The second kappa shape index (κ2) is 4.48. The van der Waals surface area contributed by atoms with Gasteiger partial charge in [-0.3, -0.25) is 0 Å². The van der Waals surface area contributed by atoms with Gasteiger partial charge in [-0.2, -0.15) is 0 Å². The van der Waals surface area contributed by atoms with E-state index in [2.05, 4.69) is 35.8 Å². The molecule has 2 N–H and O–H groups in total. The Kier molecular flexibility index (Phi) is 2.82. The molecule has 94 valence electrons. The van der Waals surface area contributed by atoms with Crippen molar-refractivity contribution in [2.75, 3.05) is 5.73 Å². The quantitative estimate of drug-likeness (QED) is 0.878. The van der Waals surface area contributed by atoms with Crippen molar-refractivity contribution in [3.8, 4) is 0 Å². The van der Waals surface area contributed by atoms with Gasteiger partial charge in [0.1, 0.15) is 11.6 Å². The van der Waals surface area contributed by atoms with Gasteiger partial charge >= 0.3 is 0 Å². The molecular formula is C15H19N3. The smallest absolute Gasteiger partial charge is 0.127 e. The third kappa shape index (κ3) is 2.01. The number of hydrogen-bond donors (Lipinski definition) is 1. The van der Waals surface area contributed by atoms with Gasteiger partial charge < -0.3 is 10.3 Å². The Morgan fingerprint density at radius 3 is 2.89 bits per heavy atom. The van der Waals surface area contributed by atoms with Gasteiger partial charge in [0, 0.05) is 19.4 Å². The van der Waals surface area contributed by atoms with E-state index in [1.54, 1.807) is 0 Å². The molecule has 2 aromatic rings. The van der Waals surface area contributed by atoms with Crippen LogP contribution in [0.5, 0.6) is 0 Å². The number of nitrogens with zero attached hydrogens (tertiary/aromatic N) is 2. The standard InChI is InChI=1S/C15H19N3/c1-11-7-8-18-14(9-11)17-13(15(18)16)10-12-5-3-2-4-6-12/h2-6,11H,7-10,16H2,1H3. The summed E-state index contributed by atoms with van der Waals surface area (Å²) in [5.41, 5.74) is 8.52. The molecule has 0 saturated carbocycles. The first-order valence-electron chi connectivity index (χ1n) is 6.61. The van der Waals surface area contributed by atoms with Gasteiger partial charge in [0.2, 0.25) is 0 Å². The molecule has 1 atom stereocenters. The predicted octanol–water partition coefficient (Wildman–Crippen LogP) is 2.64. The number of benzene rings is 1. The molecule has 1 aromatic heterocycles. The van der Waals surface area contributed by atoms with Crippen molar-refractivity contribution in [3.63, 3.8) is 0 Å². The molecule has 3 rings (SSSR count). The normalized spacial score (nSPS) is 18.6. The number of fused-ring (bicyclic) bond motifs is 1. The van der Waals surface area contributed by atoms with Crippen molar-refractivity contribution in [3.05, 3.63) is 47.4 Å². The lowest BCUT2D eigenvalue weighted by Crippen LogP contribution is -2.18. The lowest BCUT2D eigenvalue weighted by atomic mass is 10.0. The minimum absolute atomic E-state index is 0.726. The molecule has 0 saturated heterocycles. The van der Waals surface area contributed by atoms with E-state index < -0.39 is 0 Å². The second-order valence-corrected chi connectivity index (χ2v) is 5.27. The average molecular weight is 241 g/mol. The van der Waals surface area contributed by atoms with Crippen LogP contribution in [0.15, 0.2) is 30.3 Å². The molecule has 1 aromatic carbocycles. The van der Waals surface area contributed by atoms with E-state index in [9.17, 15) is 0 Å². The summed E-state index contributed by atoms with van der Waals surface area (Å²) in [7, 11) is 0. The zero-order chi connectivity index (χ0) is 12.5. The SMILES string of the molecule is CC1CCn2c(nc(Cc3ccccc3)c2N)C1. The Morgan fingerprint density at radius 2 is 2.11 bits per heavy atom. The van der Waals surface area contributed by atoms with Crippen molar-refractivity contribution in [2.24, 2.45) is 5.92 Å². The van der Waals surface area contributed by atoms with E-state index in [1.165, 1.54) is 12.0 Å². The summed E-state index contributed by atoms with van der Waals surface area (Å²) in [6.07, 6.45) is 3.10. The minimum atomic E-state index is 0.726. The Bertz CT molecular complexity index is 542. The van der Waals surface area contributed by atoms with Gasteiger partial charge in [-0.1, -0.05) is 37.3 Å². The van der Waals surface area contributed by atoms with Crippen LogP contribution >= 0.6 is 0 Å². The highest BCUT2D eigenvalue weighted by molar-refractivity contribution is 5.41. The first-order valence-corrected chi connectivity index (χ1v) is 6.61. The van der Waals surface area contributed by atoms with Crippen molar-refractivity contribution >= 4 is 5.82 Å². The van der Waals surface area contributed by atoms with E-state index >= 15 is 0 Å². The second-order valence-electron chi connectivity index (χ2n) is 5.27. The lowest BCUT2D eigenvalue weighted by molar-refractivity contribution is 0.412. The van der Waals surface area contributed by atoms with Crippen LogP contribution in [0.1, 0.15) is 30.4 Å². The largest absolute Gasteiger partial charge is 0.384 e. The predicted molar refractivity (Wildman–Crippen MR) is 73.4 cm³/mol. The maximum Gasteiger partial charge on any atom is 0.127 e. The van der Waals surface area contributed by atoms with E-state index in [0.29, 0.717) is 0 Å². The fourth-order valence-corrected chi connectivity index (χ4v) is 2.66. The van der Waals surface area contributed by atoms with Gasteiger partial charge in [-0.05, 0) is 17.9 Å². The molecule has 0 bridgehead atoms. The Labute approximate surface area is 108 Å². The molecule has 0 spiro atoms. The van der Waals surface area contributed by atoms with Gasteiger partial charge in [0.05, 0.1) is 5.69 Å². The molecule has 3 heteroatoms. The van der Waals surface area contributed by atoms with Crippen molar-refractivity contribution in [1.82, 2.24) is 9.55 Å². The number of anilines is 1. The third-order valence-electron chi connectivity index (χ3n) is 3.75. The summed E-state index contributed by atoms with van der Waals surface area (Å²) in [5, 5.41) is 0. The summed E-state index contributed by atoms with van der Waals surface area (Å²) < 4.78 is 2.19. The van der Waals surface area contributed by atoms with Crippen LogP contribution in [0.3, 0.4) is 0 Å². The number of nitrogen functional groups attached to an aromatic ring is 1. The fraction of sp³-hybridized carbons (Fsp3) is 0.400. The molecule has 0 amide bonds. The summed E-state index contributed by atoms with van der Waals surface area (Å²) in [6.45, 7) is 3.30. The van der Waals surface area contributed by atoms with Gasteiger partial charge in [0.15, 0.2) is 0 Å². The van der Waals surface area contributed by atoms with E-state index in [1.807, 2.05) is 6.07 Å². The summed E-state index contributed by atoms with van der Waals surface area (Å²) >= 11 is 0. The Hall–Kier alpha value is -1.77. The fourth-order valence-electron chi connectivity index (χ4n) is 2.66. The van der Waals surface area contributed by atoms with E-state index in [0.717, 1.165) is 42.6 Å². The number of nitrogens with two attached hydrogens (primary N) is 1. The van der Waals surface area contributed by atoms with Crippen LogP contribution in [-0.4, -0.2) is 9.55 Å². The van der Waals surface area contributed by atoms with Gasteiger partial charge in [-0.15, -0.1) is 0 Å². The summed E-state index contributed by atoms with van der Waals surface area (Å²) in [4.78, 5) is 4.73. The minimum Gasteiger partial charge on any atom is -0.384 e. The van der Waals surface area contributed by atoms with Crippen LogP contribution in [0, 0.1) is 5.92 Å². The molecule has 1 aliphatic heterocycles. The van der Waals surface area contributed by atoms with Crippen LogP contribution in [-0.2, 0) is 19.4 Å². The zero-order valence-corrected chi connectivity index (χ0v) is 10.8. The number of aromatic nitrogens is 2. The number of hydrogen-bond acceptors (Lipinski definition) is 2. The molecule has 1 aliphatic rings. The number of imidazole rings is 1. The highest BCUT2D eigenvalue weighted by atomic mass is 15.1. The van der Waals surface area contributed by atoms with Crippen LogP contribution in [0.2, 0.25) is 0 Å². The van der Waals surface area contributed by atoms with Gasteiger partial charge in [0.25, 0.3) is 0 Å². The first kappa shape index (κ1) is 11.3. The molecule has 0 fully saturated rings.